The van der Waals surface area contributed by atoms with E-state index in [2.05, 4.69) is 43.3 Å². The van der Waals surface area contributed by atoms with Gasteiger partial charge >= 0.3 is 0 Å². The van der Waals surface area contributed by atoms with Gasteiger partial charge in [-0.3, -0.25) is 0 Å². The van der Waals surface area contributed by atoms with Crippen LogP contribution < -0.4 is 0 Å². The molecule has 0 saturated heterocycles. The molecule has 20 heavy (non-hydrogen) atoms. The van der Waals surface area contributed by atoms with Crippen LogP contribution in [0.3, 0.4) is 0 Å². The fourth-order valence-corrected chi connectivity index (χ4v) is 2.50. The molecule has 2 aromatic carbocycles. The van der Waals surface area contributed by atoms with Gasteiger partial charge in [-0.1, -0.05) is 60.7 Å². The first kappa shape index (κ1) is 14.8. The molecule has 0 aliphatic rings. The SMILES string of the molecule is CN(C)C[C](c1ccccc1)C(CO)c1ccccc1. The third-order valence-corrected chi connectivity index (χ3v) is 3.44. The normalized spacial score (nSPS) is 12.8. The molecule has 2 aromatic rings. The van der Waals surface area contributed by atoms with Crippen molar-refractivity contribution in [3.05, 3.63) is 77.7 Å². The highest BCUT2D eigenvalue weighted by Gasteiger charge is 2.25. The maximum absolute atomic E-state index is 9.88. The van der Waals surface area contributed by atoms with Crippen molar-refractivity contribution < 1.29 is 5.11 Å². The average Bonchev–Trinajstić information content (AvgIpc) is 2.49. The second kappa shape index (κ2) is 7.22. The Morgan fingerprint density at radius 2 is 1.50 bits per heavy atom. The van der Waals surface area contributed by atoms with E-state index < -0.39 is 0 Å². The van der Waals surface area contributed by atoms with Crippen LogP contribution in [0, 0.1) is 5.92 Å². The van der Waals surface area contributed by atoms with E-state index in [1.165, 1.54) is 11.5 Å². The summed E-state index contributed by atoms with van der Waals surface area (Å²) in [5.41, 5.74) is 2.36. The monoisotopic (exact) mass is 268 g/mol. The van der Waals surface area contributed by atoms with E-state index in [4.69, 9.17) is 0 Å². The third kappa shape index (κ3) is 3.69. The van der Waals surface area contributed by atoms with Gasteiger partial charge in [0.2, 0.25) is 0 Å². The number of rotatable bonds is 6. The molecule has 0 fully saturated rings. The van der Waals surface area contributed by atoms with Crippen LogP contribution in [0.2, 0.25) is 0 Å². The highest BCUT2D eigenvalue weighted by Crippen LogP contribution is 2.32. The molecule has 1 atom stereocenters. The first-order chi connectivity index (χ1) is 9.72. The zero-order chi connectivity index (χ0) is 14.4. The van der Waals surface area contributed by atoms with Gasteiger partial charge in [-0.2, -0.15) is 0 Å². The number of aliphatic hydroxyl groups excluding tert-OH is 1. The van der Waals surface area contributed by atoms with Crippen molar-refractivity contribution in [2.45, 2.75) is 5.92 Å². The van der Waals surface area contributed by atoms with Crippen LogP contribution in [-0.4, -0.2) is 37.3 Å². The fraction of sp³-hybridized carbons (Fsp3) is 0.278. The van der Waals surface area contributed by atoms with Crippen molar-refractivity contribution in [3.63, 3.8) is 0 Å². The Labute approximate surface area is 121 Å². The van der Waals surface area contributed by atoms with Gasteiger partial charge in [0.05, 0.1) is 6.61 Å². The van der Waals surface area contributed by atoms with Crippen molar-refractivity contribution in [1.29, 1.82) is 0 Å². The quantitative estimate of drug-likeness (QED) is 0.870. The van der Waals surface area contributed by atoms with Crippen LogP contribution >= 0.6 is 0 Å². The van der Waals surface area contributed by atoms with Crippen LogP contribution in [0.15, 0.2) is 60.7 Å². The van der Waals surface area contributed by atoms with Crippen LogP contribution in [0.5, 0.6) is 0 Å². The van der Waals surface area contributed by atoms with E-state index in [-0.39, 0.29) is 12.5 Å². The molecule has 0 spiro atoms. The number of nitrogens with zero attached hydrogens (tertiary/aromatic N) is 1. The summed E-state index contributed by atoms with van der Waals surface area (Å²) < 4.78 is 0. The van der Waals surface area contributed by atoms with Gasteiger partial charge in [-0.25, -0.2) is 0 Å². The molecule has 0 aliphatic heterocycles. The molecule has 0 amide bonds. The molecule has 2 nitrogen and oxygen atoms in total. The van der Waals surface area contributed by atoms with Crippen LogP contribution in [0.1, 0.15) is 17.0 Å². The van der Waals surface area contributed by atoms with E-state index in [1.807, 2.05) is 36.4 Å². The highest BCUT2D eigenvalue weighted by molar-refractivity contribution is 5.39. The van der Waals surface area contributed by atoms with Crippen LogP contribution in [-0.2, 0) is 0 Å². The van der Waals surface area contributed by atoms with Gasteiger partial charge in [0.1, 0.15) is 0 Å². The molecule has 1 N–H and O–H groups in total. The van der Waals surface area contributed by atoms with Crippen LogP contribution in [0.4, 0.5) is 0 Å². The summed E-state index contributed by atoms with van der Waals surface area (Å²) in [5, 5.41) is 9.88. The minimum Gasteiger partial charge on any atom is -0.396 e. The summed E-state index contributed by atoms with van der Waals surface area (Å²) in [6, 6.07) is 20.6. The molecular weight excluding hydrogens is 246 g/mol. The van der Waals surface area contributed by atoms with Gasteiger partial charge in [-0.05, 0) is 25.2 Å². The summed E-state index contributed by atoms with van der Waals surface area (Å²) in [4.78, 5) is 2.15. The van der Waals surface area contributed by atoms with Gasteiger partial charge in [0, 0.05) is 18.4 Å². The number of hydrogen-bond donors (Lipinski definition) is 1. The predicted molar refractivity (Wildman–Crippen MR) is 83.6 cm³/mol. The van der Waals surface area contributed by atoms with Crippen molar-refractivity contribution in [3.8, 4) is 0 Å². The summed E-state index contributed by atoms with van der Waals surface area (Å²) in [6.45, 7) is 0.964. The molecule has 0 bridgehead atoms. The lowest BCUT2D eigenvalue weighted by atomic mass is 9.81. The minimum absolute atomic E-state index is 0.0426. The molecule has 1 unspecified atom stereocenters. The second-order valence-electron chi connectivity index (χ2n) is 5.27. The van der Waals surface area contributed by atoms with E-state index in [0.717, 1.165) is 12.1 Å². The lowest BCUT2D eigenvalue weighted by Gasteiger charge is -2.28. The summed E-state index contributed by atoms with van der Waals surface area (Å²) >= 11 is 0. The first-order valence-electron chi connectivity index (χ1n) is 6.94. The zero-order valence-electron chi connectivity index (χ0n) is 12.2. The molecule has 0 aliphatic carbocycles. The van der Waals surface area contributed by atoms with Gasteiger partial charge < -0.3 is 10.0 Å². The van der Waals surface area contributed by atoms with Crippen molar-refractivity contribution >= 4 is 0 Å². The van der Waals surface area contributed by atoms with E-state index in [9.17, 15) is 5.11 Å². The number of likely N-dealkylation sites (N-methyl/N-ethyl adjacent to an activating group) is 1. The van der Waals surface area contributed by atoms with Crippen molar-refractivity contribution in [1.82, 2.24) is 4.90 Å². The molecule has 1 radical (unpaired) electrons. The summed E-state index contributed by atoms with van der Waals surface area (Å²) in [6.07, 6.45) is 0. The molecule has 0 aromatic heterocycles. The van der Waals surface area contributed by atoms with Gasteiger partial charge in [0.25, 0.3) is 0 Å². The minimum atomic E-state index is 0.0426. The largest absolute Gasteiger partial charge is 0.396 e. The van der Waals surface area contributed by atoms with Gasteiger partial charge in [-0.15, -0.1) is 0 Å². The Hall–Kier alpha value is -1.64. The fourth-order valence-electron chi connectivity index (χ4n) is 2.50. The molecule has 105 valence electrons. The predicted octanol–water partition coefficient (Wildman–Crippen LogP) is 2.95. The molecule has 0 saturated carbocycles. The molecule has 2 heteroatoms. The number of aliphatic hydroxyl groups is 1. The van der Waals surface area contributed by atoms with E-state index in [0.29, 0.717) is 0 Å². The van der Waals surface area contributed by atoms with Crippen LogP contribution in [0.25, 0.3) is 0 Å². The topological polar surface area (TPSA) is 23.5 Å². The molecular formula is C18H22NO. The Kier molecular flexibility index (Phi) is 5.33. The second-order valence-corrected chi connectivity index (χ2v) is 5.27. The third-order valence-electron chi connectivity index (χ3n) is 3.44. The first-order valence-corrected chi connectivity index (χ1v) is 6.94. The van der Waals surface area contributed by atoms with E-state index in [1.54, 1.807) is 0 Å². The number of benzene rings is 2. The average molecular weight is 268 g/mol. The maximum Gasteiger partial charge on any atom is 0.0509 e. The van der Waals surface area contributed by atoms with Gasteiger partial charge in [0.15, 0.2) is 0 Å². The zero-order valence-corrected chi connectivity index (χ0v) is 12.2. The highest BCUT2D eigenvalue weighted by atomic mass is 16.3. The van der Waals surface area contributed by atoms with Crippen molar-refractivity contribution in [2.75, 3.05) is 27.2 Å². The summed E-state index contributed by atoms with van der Waals surface area (Å²) in [5.74, 6) is 1.30. The van der Waals surface area contributed by atoms with E-state index >= 15 is 0 Å². The van der Waals surface area contributed by atoms with Crippen molar-refractivity contribution in [2.24, 2.45) is 0 Å². The standard InChI is InChI=1S/C18H22NO/c1-19(2)13-17(15-9-5-3-6-10-15)18(14-20)16-11-7-4-8-12-16/h3-12,18,20H,13-14H2,1-2H3. The Morgan fingerprint density at radius 1 is 0.950 bits per heavy atom. The maximum atomic E-state index is 9.88. The smallest absolute Gasteiger partial charge is 0.0509 e. The Morgan fingerprint density at radius 3 is 2.00 bits per heavy atom. The summed E-state index contributed by atoms with van der Waals surface area (Å²) in [7, 11) is 4.12. The lowest BCUT2D eigenvalue weighted by Crippen LogP contribution is -2.27. The lowest BCUT2D eigenvalue weighted by molar-refractivity contribution is 0.262. The Balaban J connectivity index is 2.34. The Bertz CT molecular complexity index is 495. The number of hydrogen-bond acceptors (Lipinski definition) is 2. The molecule has 2 rings (SSSR count). The molecule has 0 heterocycles.